The fourth-order valence-electron chi connectivity index (χ4n) is 3.52. The Morgan fingerprint density at radius 1 is 1.12 bits per heavy atom. The van der Waals surface area contributed by atoms with Gasteiger partial charge >= 0.3 is 0 Å². The molecule has 0 fully saturated rings. The molecule has 0 saturated heterocycles. The zero-order valence-corrected chi connectivity index (χ0v) is 19.9. The van der Waals surface area contributed by atoms with Crippen LogP contribution in [0.3, 0.4) is 0 Å². The molecule has 2 heterocycles. The van der Waals surface area contributed by atoms with Gasteiger partial charge in [0, 0.05) is 35.6 Å². The minimum Gasteiger partial charge on any atom is -0.497 e. The standard InChI is InChI=1S/C23H23FN4O3S.ClH/c1-15-7-10-21(23(24)26-15)27-17-8-9-20-16(13-25-2)14-28(22(20)11-17)32(29,30)19-6-4-5-18(12-19)31-3;/h4-12,14,25,27H,13H2,1-3H3;1H. The minimum atomic E-state index is -3.90. The molecule has 7 nitrogen and oxygen atoms in total. The van der Waals surface area contributed by atoms with E-state index in [1.165, 1.54) is 23.2 Å². The number of hydrogen-bond acceptors (Lipinski definition) is 6. The van der Waals surface area contributed by atoms with Crippen LogP contribution in [0.2, 0.25) is 0 Å². The number of fused-ring (bicyclic) bond motifs is 1. The van der Waals surface area contributed by atoms with Crippen LogP contribution in [0.1, 0.15) is 11.3 Å². The maximum atomic E-state index is 14.2. The van der Waals surface area contributed by atoms with Crippen molar-refractivity contribution in [2.45, 2.75) is 18.4 Å². The van der Waals surface area contributed by atoms with Crippen molar-refractivity contribution in [1.82, 2.24) is 14.3 Å². The lowest BCUT2D eigenvalue weighted by atomic mass is 10.1. The normalized spacial score (nSPS) is 11.3. The first-order valence-corrected chi connectivity index (χ1v) is 11.4. The second-order valence-corrected chi connectivity index (χ2v) is 9.13. The molecule has 0 aliphatic rings. The van der Waals surface area contributed by atoms with E-state index in [2.05, 4.69) is 15.6 Å². The van der Waals surface area contributed by atoms with Gasteiger partial charge in [-0.25, -0.2) is 17.4 Å². The highest BCUT2D eigenvalue weighted by atomic mass is 35.5. The van der Waals surface area contributed by atoms with Gasteiger partial charge in [0.25, 0.3) is 10.0 Å². The average Bonchev–Trinajstić information content (AvgIpc) is 3.14. The van der Waals surface area contributed by atoms with Crippen molar-refractivity contribution in [3.05, 3.63) is 78.0 Å². The zero-order valence-electron chi connectivity index (χ0n) is 18.3. The lowest BCUT2D eigenvalue weighted by Gasteiger charge is -2.11. The summed E-state index contributed by atoms with van der Waals surface area (Å²) in [6, 6.07) is 14.9. The van der Waals surface area contributed by atoms with E-state index in [9.17, 15) is 12.8 Å². The maximum absolute atomic E-state index is 14.2. The summed E-state index contributed by atoms with van der Waals surface area (Å²) in [5.41, 5.74) is 2.61. The number of nitrogens with zero attached hydrogens (tertiary/aromatic N) is 2. The van der Waals surface area contributed by atoms with Crippen molar-refractivity contribution >= 4 is 44.7 Å². The third-order valence-corrected chi connectivity index (χ3v) is 6.76. The number of pyridine rings is 1. The van der Waals surface area contributed by atoms with Crippen LogP contribution >= 0.6 is 12.4 Å². The zero-order chi connectivity index (χ0) is 22.9. The predicted molar refractivity (Wildman–Crippen MR) is 130 cm³/mol. The number of rotatable bonds is 7. The Bertz CT molecular complexity index is 1410. The summed E-state index contributed by atoms with van der Waals surface area (Å²) in [5, 5.41) is 6.83. The minimum absolute atomic E-state index is 0. The number of aromatic nitrogens is 2. The van der Waals surface area contributed by atoms with Crippen LogP contribution in [0.25, 0.3) is 10.9 Å². The summed E-state index contributed by atoms with van der Waals surface area (Å²) < 4.78 is 47.6. The summed E-state index contributed by atoms with van der Waals surface area (Å²) in [4.78, 5) is 3.93. The summed E-state index contributed by atoms with van der Waals surface area (Å²) in [7, 11) is -0.625. The van der Waals surface area contributed by atoms with E-state index in [0.29, 0.717) is 29.2 Å². The molecule has 4 aromatic rings. The Kier molecular flexibility index (Phi) is 7.26. The maximum Gasteiger partial charge on any atom is 0.268 e. The van der Waals surface area contributed by atoms with Crippen LogP contribution in [-0.4, -0.2) is 31.5 Å². The van der Waals surface area contributed by atoms with Gasteiger partial charge in [0.05, 0.1) is 23.2 Å². The average molecular weight is 491 g/mol. The Hall–Kier alpha value is -3.14. The third kappa shape index (κ3) is 4.80. The van der Waals surface area contributed by atoms with Crippen molar-refractivity contribution in [2.24, 2.45) is 0 Å². The number of anilines is 2. The molecule has 0 radical (unpaired) electrons. The van der Waals surface area contributed by atoms with E-state index >= 15 is 0 Å². The van der Waals surface area contributed by atoms with Gasteiger partial charge in [-0.05, 0) is 55.9 Å². The molecule has 2 N–H and O–H groups in total. The van der Waals surface area contributed by atoms with E-state index in [-0.39, 0.29) is 23.0 Å². The second kappa shape index (κ2) is 9.78. The molecular weight excluding hydrogens is 467 g/mol. The van der Waals surface area contributed by atoms with Crippen LogP contribution in [0.4, 0.5) is 15.8 Å². The molecule has 2 aromatic heterocycles. The molecule has 0 unspecified atom stereocenters. The Morgan fingerprint density at radius 2 is 1.91 bits per heavy atom. The quantitative estimate of drug-likeness (QED) is 0.368. The highest BCUT2D eigenvalue weighted by Crippen LogP contribution is 2.31. The number of benzene rings is 2. The van der Waals surface area contributed by atoms with E-state index < -0.39 is 16.0 Å². The van der Waals surface area contributed by atoms with Crippen molar-refractivity contribution in [2.75, 3.05) is 19.5 Å². The van der Waals surface area contributed by atoms with Gasteiger partial charge < -0.3 is 15.4 Å². The highest BCUT2D eigenvalue weighted by molar-refractivity contribution is 7.90. The van der Waals surface area contributed by atoms with E-state index in [1.54, 1.807) is 56.6 Å². The number of nitrogens with one attached hydrogen (secondary N) is 2. The van der Waals surface area contributed by atoms with Crippen LogP contribution in [0, 0.1) is 12.9 Å². The summed E-state index contributed by atoms with van der Waals surface area (Å²) in [6.07, 6.45) is 1.60. The van der Waals surface area contributed by atoms with Gasteiger partial charge in [0.1, 0.15) is 5.75 Å². The first-order chi connectivity index (χ1) is 15.3. The molecule has 33 heavy (non-hydrogen) atoms. The van der Waals surface area contributed by atoms with Crippen molar-refractivity contribution in [1.29, 1.82) is 0 Å². The van der Waals surface area contributed by atoms with Crippen molar-refractivity contribution in [3.8, 4) is 5.75 Å². The molecule has 2 aromatic carbocycles. The number of methoxy groups -OCH3 is 1. The van der Waals surface area contributed by atoms with Gasteiger partial charge in [-0.15, -0.1) is 12.4 Å². The van der Waals surface area contributed by atoms with Crippen LogP contribution in [-0.2, 0) is 16.6 Å². The molecular formula is C23H24ClFN4O3S. The van der Waals surface area contributed by atoms with Crippen LogP contribution < -0.4 is 15.4 Å². The first-order valence-electron chi connectivity index (χ1n) is 9.92. The molecule has 0 aliphatic heterocycles. The van der Waals surface area contributed by atoms with Gasteiger partial charge in [0.2, 0.25) is 5.95 Å². The molecule has 0 amide bonds. The van der Waals surface area contributed by atoms with E-state index in [4.69, 9.17) is 4.74 Å². The van der Waals surface area contributed by atoms with Gasteiger partial charge in [0.15, 0.2) is 0 Å². The molecule has 0 aliphatic carbocycles. The number of halogens is 2. The van der Waals surface area contributed by atoms with Crippen LogP contribution in [0.15, 0.2) is 65.7 Å². The predicted octanol–water partition coefficient (Wildman–Crippen LogP) is 4.61. The molecule has 0 spiro atoms. The smallest absolute Gasteiger partial charge is 0.268 e. The van der Waals surface area contributed by atoms with Crippen LogP contribution in [0.5, 0.6) is 5.75 Å². The van der Waals surface area contributed by atoms with E-state index in [1.807, 2.05) is 6.07 Å². The van der Waals surface area contributed by atoms with E-state index in [0.717, 1.165) is 10.9 Å². The highest BCUT2D eigenvalue weighted by Gasteiger charge is 2.22. The van der Waals surface area contributed by atoms with Crippen molar-refractivity contribution in [3.63, 3.8) is 0 Å². The summed E-state index contributed by atoms with van der Waals surface area (Å²) in [5.74, 6) is -0.178. The first kappa shape index (κ1) is 24.5. The Balaban J connectivity index is 0.00000306. The number of aryl methyl sites for hydroxylation is 1. The fourth-order valence-corrected chi connectivity index (χ4v) is 4.94. The molecule has 0 bridgehead atoms. The summed E-state index contributed by atoms with van der Waals surface area (Å²) >= 11 is 0. The SMILES string of the molecule is CNCc1cn(S(=O)(=O)c2cccc(OC)c2)c2cc(Nc3ccc(C)nc3F)ccc12.Cl. The lowest BCUT2D eigenvalue weighted by Crippen LogP contribution is -2.12. The molecule has 174 valence electrons. The fraction of sp³-hybridized carbons (Fsp3) is 0.174. The second-order valence-electron chi connectivity index (χ2n) is 7.31. The Morgan fingerprint density at radius 3 is 2.61 bits per heavy atom. The third-order valence-electron chi connectivity index (χ3n) is 5.09. The van der Waals surface area contributed by atoms with Crippen molar-refractivity contribution < 1.29 is 17.5 Å². The number of ether oxygens (including phenoxy) is 1. The Labute approximate surface area is 198 Å². The summed E-state index contributed by atoms with van der Waals surface area (Å²) in [6.45, 7) is 2.19. The van der Waals surface area contributed by atoms with Gasteiger partial charge in [-0.2, -0.15) is 4.39 Å². The molecule has 0 saturated carbocycles. The molecule has 0 atom stereocenters. The monoisotopic (exact) mass is 490 g/mol. The topological polar surface area (TPSA) is 85.2 Å². The largest absolute Gasteiger partial charge is 0.497 e. The lowest BCUT2D eigenvalue weighted by molar-refractivity contribution is 0.413. The number of hydrogen-bond donors (Lipinski definition) is 2. The molecule has 4 rings (SSSR count). The molecule has 10 heteroatoms. The van der Waals surface area contributed by atoms with Gasteiger partial charge in [-0.1, -0.05) is 12.1 Å². The van der Waals surface area contributed by atoms with Gasteiger partial charge in [-0.3, -0.25) is 0 Å².